The summed E-state index contributed by atoms with van der Waals surface area (Å²) in [4.78, 5) is 19.4. The van der Waals surface area contributed by atoms with Gasteiger partial charge in [-0.05, 0) is 23.6 Å². The second kappa shape index (κ2) is 5.58. The molecule has 5 nitrogen and oxygen atoms in total. The maximum Gasteiger partial charge on any atom is 0.335 e. The summed E-state index contributed by atoms with van der Waals surface area (Å²) in [6.45, 7) is 0.419. The van der Waals surface area contributed by atoms with E-state index < -0.39 is 5.97 Å². The molecule has 21 heavy (non-hydrogen) atoms. The second-order valence-electron chi connectivity index (χ2n) is 4.58. The molecule has 3 aromatic rings. The van der Waals surface area contributed by atoms with Gasteiger partial charge in [0, 0.05) is 17.8 Å². The van der Waals surface area contributed by atoms with E-state index in [1.807, 2.05) is 30.3 Å². The van der Waals surface area contributed by atoms with Gasteiger partial charge in [0.05, 0.1) is 17.8 Å². The average Bonchev–Trinajstić information content (AvgIpc) is 2.53. The number of anilines is 1. The van der Waals surface area contributed by atoms with Crippen LogP contribution in [0.25, 0.3) is 10.8 Å². The molecule has 0 aliphatic heterocycles. The van der Waals surface area contributed by atoms with Gasteiger partial charge in [0.2, 0.25) is 0 Å². The van der Waals surface area contributed by atoms with E-state index in [1.54, 1.807) is 12.3 Å². The predicted molar refractivity (Wildman–Crippen MR) is 80.3 cm³/mol. The Morgan fingerprint density at radius 3 is 2.76 bits per heavy atom. The molecule has 0 atom stereocenters. The van der Waals surface area contributed by atoms with E-state index in [-0.39, 0.29) is 5.56 Å². The highest BCUT2D eigenvalue weighted by Gasteiger charge is 2.05. The topological polar surface area (TPSA) is 75.1 Å². The standard InChI is InChI=1S/C16H13N3O2/c20-16(21)12-6-7-17-13(9-12)10-19-15-14-4-2-1-3-11(14)5-8-18-15/h1-9H,10H2,(H,18,19)(H,20,21). The molecule has 0 saturated heterocycles. The first-order valence-electron chi connectivity index (χ1n) is 6.50. The number of carbonyl (C=O) groups is 1. The molecular formula is C16H13N3O2. The SMILES string of the molecule is O=C(O)c1ccnc(CNc2nccc3ccccc23)c1. The van der Waals surface area contributed by atoms with Crippen molar-refractivity contribution in [3.05, 3.63) is 66.1 Å². The van der Waals surface area contributed by atoms with Crippen LogP contribution in [0, 0.1) is 0 Å². The van der Waals surface area contributed by atoms with Gasteiger partial charge >= 0.3 is 5.97 Å². The number of rotatable bonds is 4. The molecule has 1 aromatic carbocycles. The minimum absolute atomic E-state index is 0.229. The fourth-order valence-electron chi connectivity index (χ4n) is 2.14. The van der Waals surface area contributed by atoms with Gasteiger partial charge in [0.1, 0.15) is 5.82 Å². The van der Waals surface area contributed by atoms with Crippen molar-refractivity contribution < 1.29 is 9.90 Å². The van der Waals surface area contributed by atoms with Crippen molar-refractivity contribution in [2.75, 3.05) is 5.32 Å². The molecule has 2 aromatic heterocycles. The fourth-order valence-corrected chi connectivity index (χ4v) is 2.14. The summed E-state index contributed by atoms with van der Waals surface area (Å²) in [5.41, 5.74) is 0.886. The van der Waals surface area contributed by atoms with Crippen molar-refractivity contribution in [1.82, 2.24) is 9.97 Å². The predicted octanol–water partition coefficient (Wildman–Crippen LogP) is 2.94. The van der Waals surface area contributed by atoms with Crippen molar-refractivity contribution in [3.8, 4) is 0 Å². The highest BCUT2D eigenvalue weighted by Crippen LogP contribution is 2.20. The van der Waals surface area contributed by atoms with Crippen LogP contribution in [0.15, 0.2) is 54.9 Å². The fraction of sp³-hybridized carbons (Fsp3) is 0.0625. The normalized spacial score (nSPS) is 10.5. The number of aromatic carboxylic acids is 1. The number of aromatic nitrogens is 2. The van der Waals surface area contributed by atoms with Crippen molar-refractivity contribution in [2.45, 2.75) is 6.54 Å². The molecule has 3 rings (SSSR count). The number of hydrogen-bond acceptors (Lipinski definition) is 4. The number of pyridine rings is 2. The number of carboxylic acid groups (broad SMARTS) is 1. The van der Waals surface area contributed by atoms with Crippen molar-refractivity contribution in [2.24, 2.45) is 0 Å². The van der Waals surface area contributed by atoms with E-state index >= 15 is 0 Å². The molecule has 0 fully saturated rings. The molecule has 0 aliphatic carbocycles. The maximum atomic E-state index is 10.9. The molecule has 0 radical (unpaired) electrons. The highest BCUT2D eigenvalue weighted by atomic mass is 16.4. The van der Waals surface area contributed by atoms with Crippen LogP contribution < -0.4 is 5.32 Å². The third-order valence-corrected chi connectivity index (χ3v) is 3.17. The van der Waals surface area contributed by atoms with Crippen molar-refractivity contribution in [1.29, 1.82) is 0 Å². The van der Waals surface area contributed by atoms with E-state index in [1.165, 1.54) is 12.3 Å². The Morgan fingerprint density at radius 1 is 1.10 bits per heavy atom. The molecule has 0 unspecified atom stereocenters. The third kappa shape index (κ3) is 2.81. The van der Waals surface area contributed by atoms with Gasteiger partial charge in [-0.1, -0.05) is 24.3 Å². The zero-order valence-electron chi connectivity index (χ0n) is 11.2. The largest absolute Gasteiger partial charge is 0.478 e. The van der Waals surface area contributed by atoms with Crippen LogP contribution in [-0.2, 0) is 6.54 Å². The van der Waals surface area contributed by atoms with Gasteiger partial charge in [-0.2, -0.15) is 0 Å². The number of nitrogens with zero attached hydrogens (tertiary/aromatic N) is 2. The van der Waals surface area contributed by atoms with Crippen LogP contribution in [0.4, 0.5) is 5.82 Å². The van der Waals surface area contributed by atoms with E-state index in [2.05, 4.69) is 15.3 Å². The van der Waals surface area contributed by atoms with Crippen LogP contribution in [0.3, 0.4) is 0 Å². The lowest BCUT2D eigenvalue weighted by Gasteiger charge is -2.08. The number of benzene rings is 1. The van der Waals surface area contributed by atoms with E-state index in [4.69, 9.17) is 5.11 Å². The van der Waals surface area contributed by atoms with Crippen LogP contribution >= 0.6 is 0 Å². The van der Waals surface area contributed by atoms with Crippen LogP contribution in [0.5, 0.6) is 0 Å². The zero-order valence-corrected chi connectivity index (χ0v) is 11.2. The van der Waals surface area contributed by atoms with Gasteiger partial charge in [0.25, 0.3) is 0 Å². The molecule has 0 bridgehead atoms. The lowest BCUT2D eigenvalue weighted by molar-refractivity contribution is 0.0696. The number of hydrogen-bond donors (Lipinski definition) is 2. The smallest absolute Gasteiger partial charge is 0.335 e. The lowest BCUT2D eigenvalue weighted by atomic mass is 10.1. The third-order valence-electron chi connectivity index (χ3n) is 3.17. The first-order valence-corrected chi connectivity index (χ1v) is 6.50. The Kier molecular flexibility index (Phi) is 3.47. The Balaban J connectivity index is 1.84. The number of fused-ring (bicyclic) bond motifs is 1. The van der Waals surface area contributed by atoms with Crippen LogP contribution in [0.2, 0.25) is 0 Å². The summed E-state index contributed by atoms with van der Waals surface area (Å²) >= 11 is 0. The van der Waals surface area contributed by atoms with Gasteiger partial charge in [-0.3, -0.25) is 4.98 Å². The molecule has 104 valence electrons. The van der Waals surface area contributed by atoms with E-state index in [9.17, 15) is 4.79 Å². The van der Waals surface area contributed by atoms with E-state index in [0.717, 1.165) is 16.6 Å². The quantitative estimate of drug-likeness (QED) is 0.768. The Bertz CT molecular complexity index is 797. The first kappa shape index (κ1) is 13.1. The molecular weight excluding hydrogens is 266 g/mol. The zero-order chi connectivity index (χ0) is 14.7. The van der Waals surface area contributed by atoms with Gasteiger partial charge in [-0.25, -0.2) is 9.78 Å². The molecule has 2 heterocycles. The summed E-state index contributed by atoms with van der Waals surface area (Å²) in [6.07, 6.45) is 3.24. The van der Waals surface area contributed by atoms with Gasteiger partial charge < -0.3 is 10.4 Å². The van der Waals surface area contributed by atoms with Gasteiger partial charge in [-0.15, -0.1) is 0 Å². The maximum absolute atomic E-state index is 10.9. The number of nitrogens with one attached hydrogen (secondary N) is 1. The molecule has 0 aliphatic rings. The van der Waals surface area contributed by atoms with Crippen molar-refractivity contribution >= 4 is 22.6 Å². The molecule has 0 amide bonds. The summed E-state index contributed by atoms with van der Waals surface area (Å²) < 4.78 is 0. The monoisotopic (exact) mass is 279 g/mol. The first-order chi connectivity index (χ1) is 10.2. The Morgan fingerprint density at radius 2 is 1.90 bits per heavy atom. The van der Waals surface area contributed by atoms with Crippen LogP contribution in [0.1, 0.15) is 16.1 Å². The lowest BCUT2D eigenvalue weighted by Crippen LogP contribution is -2.05. The molecule has 0 spiro atoms. The Hall–Kier alpha value is -2.95. The summed E-state index contributed by atoms with van der Waals surface area (Å²) in [7, 11) is 0. The highest BCUT2D eigenvalue weighted by molar-refractivity contribution is 5.91. The second-order valence-corrected chi connectivity index (χ2v) is 4.58. The van der Waals surface area contributed by atoms with Gasteiger partial charge in [0.15, 0.2) is 0 Å². The summed E-state index contributed by atoms with van der Waals surface area (Å²) in [5.74, 6) is -0.197. The Labute approximate surface area is 121 Å². The summed E-state index contributed by atoms with van der Waals surface area (Å²) in [6, 6.07) is 12.9. The molecule has 0 saturated carbocycles. The molecule has 2 N–H and O–H groups in total. The van der Waals surface area contributed by atoms with Crippen molar-refractivity contribution in [3.63, 3.8) is 0 Å². The van der Waals surface area contributed by atoms with Crippen LogP contribution in [-0.4, -0.2) is 21.0 Å². The number of carboxylic acids is 1. The minimum Gasteiger partial charge on any atom is -0.478 e. The minimum atomic E-state index is -0.957. The molecule has 5 heteroatoms. The summed E-state index contributed by atoms with van der Waals surface area (Å²) in [5, 5.41) is 14.3. The average molecular weight is 279 g/mol. The van der Waals surface area contributed by atoms with E-state index in [0.29, 0.717) is 12.2 Å².